The fourth-order valence-corrected chi connectivity index (χ4v) is 1.80. The van der Waals surface area contributed by atoms with Crippen LogP contribution >= 0.6 is 0 Å². The summed E-state index contributed by atoms with van der Waals surface area (Å²) >= 11 is 0. The van der Waals surface area contributed by atoms with Crippen molar-refractivity contribution in [2.75, 3.05) is 7.11 Å². The van der Waals surface area contributed by atoms with E-state index in [1.807, 2.05) is 12.1 Å². The molecule has 0 heterocycles. The summed E-state index contributed by atoms with van der Waals surface area (Å²) in [7, 11) is 1.58. The zero-order valence-electron chi connectivity index (χ0n) is 12.5. The van der Waals surface area contributed by atoms with E-state index in [1.165, 1.54) is 18.2 Å². The number of nitro benzene ring substituents is 1. The minimum absolute atomic E-state index is 0.000483. The highest BCUT2D eigenvalue weighted by Crippen LogP contribution is 2.14. The number of nitro groups is 1. The van der Waals surface area contributed by atoms with Crippen molar-refractivity contribution in [1.82, 2.24) is 0 Å². The summed E-state index contributed by atoms with van der Waals surface area (Å²) in [5.74, 6) is 0.252. The number of ether oxygens (including phenoxy) is 2. The largest absolute Gasteiger partial charge is 0.497 e. The van der Waals surface area contributed by atoms with Crippen LogP contribution in [0.4, 0.5) is 5.69 Å². The predicted molar refractivity (Wildman–Crippen MR) is 84.9 cm³/mol. The highest BCUT2D eigenvalue weighted by molar-refractivity contribution is 5.87. The lowest BCUT2D eigenvalue weighted by Gasteiger charge is -2.02. The Balaban J connectivity index is 1.86. The number of esters is 1. The van der Waals surface area contributed by atoms with Gasteiger partial charge >= 0.3 is 5.97 Å². The Hall–Kier alpha value is -3.15. The summed E-state index contributed by atoms with van der Waals surface area (Å²) in [6.45, 7) is 0.0593. The molecule has 0 aliphatic carbocycles. The first-order valence-electron chi connectivity index (χ1n) is 6.81. The van der Waals surface area contributed by atoms with E-state index in [-0.39, 0.29) is 12.3 Å². The van der Waals surface area contributed by atoms with E-state index in [0.29, 0.717) is 5.56 Å². The SMILES string of the molecule is COc1ccc(/C=C/C(=O)OCc2ccc([N+](=O)[O-])cc2)cc1. The zero-order valence-corrected chi connectivity index (χ0v) is 12.5. The molecule has 0 atom stereocenters. The van der Waals surface area contributed by atoms with Crippen LogP contribution in [0.25, 0.3) is 6.08 Å². The minimum Gasteiger partial charge on any atom is -0.497 e. The molecule has 0 fully saturated rings. The molecule has 2 aromatic rings. The lowest BCUT2D eigenvalue weighted by Crippen LogP contribution is -2.00. The number of rotatable bonds is 6. The van der Waals surface area contributed by atoms with Gasteiger partial charge in [-0.15, -0.1) is 0 Å². The molecule has 0 saturated heterocycles. The fraction of sp³-hybridized carbons (Fsp3) is 0.118. The summed E-state index contributed by atoms with van der Waals surface area (Å²) in [6, 6.07) is 13.1. The molecule has 0 aliphatic rings. The first-order chi connectivity index (χ1) is 11.1. The molecule has 0 spiro atoms. The van der Waals surface area contributed by atoms with E-state index < -0.39 is 10.9 Å². The Kier molecular flexibility index (Phi) is 5.46. The maximum absolute atomic E-state index is 11.6. The zero-order chi connectivity index (χ0) is 16.7. The number of hydrogen-bond donors (Lipinski definition) is 0. The van der Waals surface area contributed by atoms with Crippen molar-refractivity contribution in [1.29, 1.82) is 0 Å². The minimum atomic E-state index is -0.487. The van der Waals surface area contributed by atoms with Crippen molar-refractivity contribution in [3.05, 3.63) is 75.8 Å². The number of carbonyl (C=O) groups is 1. The second kappa shape index (κ2) is 7.74. The number of nitrogens with zero attached hydrogens (tertiary/aromatic N) is 1. The molecule has 6 heteroatoms. The maximum Gasteiger partial charge on any atom is 0.331 e. The summed E-state index contributed by atoms with van der Waals surface area (Å²) in [4.78, 5) is 21.7. The molecular weight excluding hydrogens is 298 g/mol. The molecule has 2 aromatic carbocycles. The van der Waals surface area contributed by atoms with E-state index in [2.05, 4.69) is 0 Å². The highest BCUT2D eigenvalue weighted by Gasteiger charge is 2.05. The molecule has 0 aromatic heterocycles. The predicted octanol–water partition coefficient (Wildman–Crippen LogP) is 3.36. The van der Waals surface area contributed by atoms with Gasteiger partial charge in [0.2, 0.25) is 0 Å². The molecule has 0 amide bonds. The fourth-order valence-electron chi connectivity index (χ4n) is 1.80. The first-order valence-corrected chi connectivity index (χ1v) is 6.81. The summed E-state index contributed by atoms with van der Waals surface area (Å²) < 4.78 is 10.1. The van der Waals surface area contributed by atoms with Gasteiger partial charge in [-0.2, -0.15) is 0 Å². The van der Waals surface area contributed by atoms with Gasteiger partial charge in [0, 0.05) is 18.2 Å². The van der Waals surface area contributed by atoms with Crippen LogP contribution in [0.3, 0.4) is 0 Å². The highest BCUT2D eigenvalue weighted by atomic mass is 16.6. The van der Waals surface area contributed by atoms with Gasteiger partial charge in [0.15, 0.2) is 0 Å². The average molecular weight is 313 g/mol. The van der Waals surface area contributed by atoms with Crippen molar-refractivity contribution in [3.8, 4) is 5.75 Å². The molecule has 6 nitrogen and oxygen atoms in total. The molecule has 0 bridgehead atoms. The third-order valence-electron chi connectivity index (χ3n) is 3.06. The van der Waals surface area contributed by atoms with Crippen molar-refractivity contribution in [2.24, 2.45) is 0 Å². The van der Waals surface area contributed by atoms with Crippen molar-refractivity contribution < 1.29 is 19.2 Å². The quantitative estimate of drug-likeness (QED) is 0.353. The number of benzene rings is 2. The van der Waals surface area contributed by atoms with Crippen molar-refractivity contribution in [2.45, 2.75) is 6.61 Å². The van der Waals surface area contributed by atoms with Crippen LogP contribution < -0.4 is 4.74 Å². The number of non-ortho nitro benzene ring substituents is 1. The van der Waals surface area contributed by atoms with Gasteiger partial charge in [0.05, 0.1) is 12.0 Å². The first kappa shape index (κ1) is 16.2. The molecule has 0 unspecified atom stereocenters. The van der Waals surface area contributed by atoms with Crippen LogP contribution in [-0.4, -0.2) is 18.0 Å². The molecule has 0 N–H and O–H groups in total. The van der Waals surface area contributed by atoms with E-state index in [4.69, 9.17) is 9.47 Å². The van der Waals surface area contributed by atoms with Crippen LogP contribution in [0.15, 0.2) is 54.6 Å². The van der Waals surface area contributed by atoms with Crippen LogP contribution in [0.5, 0.6) is 5.75 Å². The molecule has 23 heavy (non-hydrogen) atoms. The number of hydrogen-bond acceptors (Lipinski definition) is 5. The van der Waals surface area contributed by atoms with E-state index >= 15 is 0 Å². The Morgan fingerprint density at radius 1 is 1.13 bits per heavy atom. The van der Waals surface area contributed by atoms with E-state index in [9.17, 15) is 14.9 Å². The van der Waals surface area contributed by atoms with Crippen LogP contribution in [0.2, 0.25) is 0 Å². The monoisotopic (exact) mass is 313 g/mol. The van der Waals surface area contributed by atoms with Gasteiger partial charge in [-0.1, -0.05) is 12.1 Å². The van der Waals surface area contributed by atoms with Crippen LogP contribution in [0.1, 0.15) is 11.1 Å². The Labute approximate surface area is 133 Å². The third-order valence-corrected chi connectivity index (χ3v) is 3.06. The number of carbonyl (C=O) groups excluding carboxylic acids is 1. The molecule has 2 rings (SSSR count). The van der Waals surface area contributed by atoms with Gasteiger partial charge in [-0.05, 0) is 41.5 Å². The summed E-state index contributed by atoms with van der Waals surface area (Å²) in [6.07, 6.45) is 2.96. The average Bonchev–Trinajstić information content (AvgIpc) is 2.59. The normalized spacial score (nSPS) is 10.5. The van der Waals surface area contributed by atoms with Gasteiger partial charge in [-0.25, -0.2) is 4.79 Å². The van der Waals surface area contributed by atoms with Gasteiger partial charge in [-0.3, -0.25) is 10.1 Å². The van der Waals surface area contributed by atoms with Gasteiger partial charge in [0.25, 0.3) is 5.69 Å². The molecule has 0 radical (unpaired) electrons. The Bertz CT molecular complexity index is 705. The van der Waals surface area contributed by atoms with Crippen molar-refractivity contribution >= 4 is 17.7 Å². The molecular formula is C17H15NO5. The number of methoxy groups -OCH3 is 1. The maximum atomic E-state index is 11.6. The molecule has 0 saturated carbocycles. The second-order valence-corrected chi connectivity index (χ2v) is 4.64. The van der Waals surface area contributed by atoms with Crippen LogP contribution in [0, 0.1) is 10.1 Å². The summed E-state index contributed by atoms with van der Waals surface area (Å²) in [5, 5.41) is 10.5. The van der Waals surface area contributed by atoms with Gasteiger partial charge < -0.3 is 9.47 Å². The smallest absolute Gasteiger partial charge is 0.331 e. The lowest BCUT2D eigenvalue weighted by atomic mass is 10.2. The van der Waals surface area contributed by atoms with Crippen LogP contribution in [-0.2, 0) is 16.1 Å². The lowest BCUT2D eigenvalue weighted by molar-refractivity contribution is -0.384. The Morgan fingerprint density at radius 2 is 1.78 bits per heavy atom. The van der Waals surface area contributed by atoms with E-state index in [0.717, 1.165) is 11.3 Å². The van der Waals surface area contributed by atoms with E-state index in [1.54, 1.807) is 37.5 Å². The summed E-state index contributed by atoms with van der Waals surface area (Å²) in [5.41, 5.74) is 1.53. The second-order valence-electron chi connectivity index (χ2n) is 4.64. The third kappa shape index (κ3) is 4.96. The van der Waals surface area contributed by atoms with Gasteiger partial charge in [0.1, 0.15) is 12.4 Å². The topological polar surface area (TPSA) is 78.7 Å². The van der Waals surface area contributed by atoms with Crippen molar-refractivity contribution in [3.63, 3.8) is 0 Å². The standard InChI is InChI=1S/C17H15NO5/c1-22-16-9-4-13(5-10-16)6-11-17(19)23-12-14-2-7-15(8-3-14)18(20)21/h2-11H,12H2,1H3/b11-6+. The molecule has 118 valence electrons. The Morgan fingerprint density at radius 3 is 2.35 bits per heavy atom. The molecule has 0 aliphatic heterocycles.